The lowest BCUT2D eigenvalue weighted by molar-refractivity contribution is -0.400. The van der Waals surface area contributed by atoms with Crippen LogP contribution < -0.4 is 0 Å². The zero-order valence-electron chi connectivity index (χ0n) is 55.2. The third kappa shape index (κ3) is 12.8. The Bertz CT molecular complexity index is 2780. The van der Waals surface area contributed by atoms with Gasteiger partial charge in [0.15, 0.2) is 37.6 Å². The molecule has 0 spiro atoms. The number of carbonyl (C=O) groups excluding carboxylic acids is 1. The maximum atomic E-state index is 15.5. The molecule has 6 saturated heterocycles. The van der Waals surface area contributed by atoms with Crippen molar-refractivity contribution in [2.75, 3.05) is 33.0 Å². The first-order chi connectivity index (χ1) is 45.5. The second kappa shape index (κ2) is 28.2. The van der Waals surface area contributed by atoms with Crippen LogP contribution in [0.3, 0.4) is 0 Å². The van der Waals surface area contributed by atoms with Crippen molar-refractivity contribution in [3.63, 3.8) is 0 Å². The number of esters is 1. The fraction of sp³-hybridized carbons (Fsp3) is 0.938. The van der Waals surface area contributed by atoms with Crippen molar-refractivity contribution in [2.45, 2.75) is 290 Å². The van der Waals surface area contributed by atoms with Crippen LogP contribution in [0.25, 0.3) is 0 Å². The van der Waals surface area contributed by atoms with E-state index in [9.17, 15) is 102 Å². The lowest BCUT2D eigenvalue weighted by Crippen LogP contribution is -2.71. The number of rotatable bonds is 16. The number of carboxylic acids is 1. The molecule has 33 heteroatoms. The maximum absolute atomic E-state index is 15.5. The van der Waals surface area contributed by atoms with E-state index >= 15 is 4.79 Å². The van der Waals surface area contributed by atoms with Crippen LogP contribution in [0.15, 0.2) is 11.6 Å². The van der Waals surface area contributed by atoms with Gasteiger partial charge in [-0.15, -0.1) is 0 Å². The minimum absolute atomic E-state index is 0.0516. The standard InChI is InChI=1S/C64H102O33/c1-23-46(92-51-43(80)34(71)27(69)21-86-51)42(79)45(82)52(88-23)93-47-35(72)28(70)22-87-54(47)97-58(85)64-14-12-59(2,3)16-25(64)24-8-9-32-60(4)17-26(68)50(63(7,57(83)84)33(60)10-11-62(32,6)61(24,5)13-15-64)96-56-49(41(78)38(75)31(20-67)91-56)95-55-48(40(77)37(74)30(19-66)90-55)94-53-44(81)39(76)36(73)29(18-65)89-53/h8,23,25-56,65-82H,9-22H2,1-7H3,(H,83,84)/t23-,25-,26-,27+,28-,29+,30+,31+,32?,33?,34-,35-,36+,37+,38+,39-,40-,41-,42-,43+,44+,45+,46-,47+,48+,49+,50-,51-,52-,53-,54-,55-,56-,60+,61+,62+,63-,64-/m0/s1. The van der Waals surface area contributed by atoms with Gasteiger partial charge in [-0.2, -0.15) is 0 Å². The molecule has 0 amide bonds. The molecule has 0 aromatic rings. The number of aliphatic hydroxyl groups is 18. The van der Waals surface area contributed by atoms with Gasteiger partial charge in [0.1, 0.15) is 128 Å². The Labute approximate surface area is 559 Å². The largest absolute Gasteiger partial charge is 0.481 e. The van der Waals surface area contributed by atoms with Gasteiger partial charge in [-0.1, -0.05) is 46.3 Å². The summed E-state index contributed by atoms with van der Waals surface area (Å²) in [7, 11) is 0. The van der Waals surface area contributed by atoms with Gasteiger partial charge < -0.3 is 154 Å². The van der Waals surface area contributed by atoms with Gasteiger partial charge in [0.25, 0.3) is 0 Å². The molecule has 0 aromatic heterocycles. The first-order valence-electron chi connectivity index (χ1n) is 33.8. The van der Waals surface area contributed by atoms with Crippen LogP contribution in [0.1, 0.15) is 106 Å². The first-order valence-corrected chi connectivity index (χ1v) is 33.8. The van der Waals surface area contributed by atoms with Crippen LogP contribution in [0, 0.1) is 50.2 Å². The van der Waals surface area contributed by atoms with E-state index < -0.39 is 268 Å². The minimum Gasteiger partial charge on any atom is -0.481 e. The van der Waals surface area contributed by atoms with Crippen LogP contribution in [-0.4, -0.2) is 326 Å². The Morgan fingerprint density at radius 2 is 0.959 bits per heavy atom. The Kier molecular flexibility index (Phi) is 22.0. The number of ether oxygens (including phenoxy) is 12. The summed E-state index contributed by atoms with van der Waals surface area (Å²) < 4.78 is 71.4. The van der Waals surface area contributed by atoms with Gasteiger partial charge in [-0.3, -0.25) is 9.59 Å². The highest BCUT2D eigenvalue weighted by Crippen LogP contribution is 2.76. The molecule has 97 heavy (non-hydrogen) atoms. The summed E-state index contributed by atoms with van der Waals surface area (Å²) in [6.07, 6.45) is -47.6. The molecule has 0 radical (unpaired) electrons. The molecule has 11 aliphatic rings. The summed E-state index contributed by atoms with van der Waals surface area (Å²) >= 11 is 0. The van der Waals surface area contributed by atoms with Gasteiger partial charge >= 0.3 is 11.9 Å². The third-order valence-electron chi connectivity index (χ3n) is 24.9. The summed E-state index contributed by atoms with van der Waals surface area (Å²) in [5.41, 5.74) is -4.71. The molecule has 5 aliphatic carbocycles. The van der Waals surface area contributed by atoms with E-state index in [1.54, 1.807) is 0 Å². The Morgan fingerprint density at radius 1 is 0.485 bits per heavy atom. The second-order valence-electron chi connectivity index (χ2n) is 30.9. The molecule has 4 saturated carbocycles. The Hall–Kier alpha value is -2.48. The van der Waals surface area contributed by atoms with Gasteiger partial charge in [0.05, 0.1) is 56.1 Å². The average molecular weight is 1400 g/mol. The summed E-state index contributed by atoms with van der Waals surface area (Å²) in [6, 6.07) is 0. The SMILES string of the molecule is C[C@@H]1O[C@@H](O[C@H]2[C@H](OC(=O)[C@]34CCC(C)(C)C[C@H]3C3=CCC5[C@@]6(C)C[C@H](O)[C@H](O[C@@H]7O[C@H](CO)[C@@H](O)[C@H](O)[C@H]7O[C@@H]7O[C@H](CO)[C@@H](O)[C@H](O)[C@H]7O[C@@H]7O[C@H](CO)[C@@H](O)[C@H](O)[C@H]7O)[C@@](C)(C(=O)O)C6CC[C@@]5(C)[C@]3(C)CC4)OC[C@H](O)[C@@H]2O)[C@H](O)[C@H](O)[C@H]1O[C@@H]1OC[C@@H](O)[C@H](O)[C@H]1O. The highest BCUT2D eigenvalue weighted by atomic mass is 16.8. The molecular formula is C64H102O33. The molecule has 19 N–H and O–H groups in total. The van der Waals surface area contributed by atoms with Crippen molar-refractivity contribution in [2.24, 2.45) is 50.2 Å². The zero-order chi connectivity index (χ0) is 70.9. The van der Waals surface area contributed by atoms with Crippen molar-refractivity contribution in [1.82, 2.24) is 0 Å². The normalized spacial score (nSPS) is 54.6. The lowest BCUT2D eigenvalue weighted by Gasteiger charge is -2.71. The molecule has 0 bridgehead atoms. The van der Waals surface area contributed by atoms with Crippen LogP contribution in [0.2, 0.25) is 0 Å². The van der Waals surface area contributed by atoms with Gasteiger partial charge in [0, 0.05) is 0 Å². The smallest absolute Gasteiger partial charge is 0.315 e. The molecule has 0 aromatic carbocycles. The van der Waals surface area contributed by atoms with Crippen molar-refractivity contribution in [1.29, 1.82) is 0 Å². The average Bonchev–Trinajstić information content (AvgIpc) is 0.672. The number of allylic oxidation sites excluding steroid dienone is 2. The van der Waals surface area contributed by atoms with E-state index in [1.165, 1.54) is 13.8 Å². The molecule has 10 fully saturated rings. The number of hydrogen-bond acceptors (Lipinski definition) is 32. The molecule has 38 atom stereocenters. The van der Waals surface area contributed by atoms with Crippen LogP contribution in [-0.2, 0) is 66.4 Å². The van der Waals surface area contributed by atoms with E-state index in [2.05, 4.69) is 33.8 Å². The molecule has 2 unspecified atom stereocenters. The van der Waals surface area contributed by atoms with E-state index in [-0.39, 0.29) is 24.2 Å². The molecule has 6 aliphatic heterocycles. The van der Waals surface area contributed by atoms with Crippen LogP contribution in [0.5, 0.6) is 0 Å². The van der Waals surface area contributed by atoms with E-state index in [0.29, 0.717) is 44.9 Å². The second-order valence-corrected chi connectivity index (χ2v) is 30.9. The number of aliphatic carboxylic acids is 1. The Balaban J connectivity index is 0.837. The quantitative estimate of drug-likeness (QED) is 0.0389. The fourth-order valence-electron chi connectivity index (χ4n) is 18.9. The van der Waals surface area contributed by atoms with Gasteiger partial charge in [0.2, 0.25) is 6.29 Å². The number of carbonyl (C=O) groups is 2. The molecule has 11 rings (SSSR count). The molecule has 6 heterocycles. The summed E-state index contributed by atoms with van der Waals surface area (Å²) in [4.78, 5) is 29.8. The van der Waals surface area contributed by atoms with Gasteiger partial charge in [-0.05, 0) is 111 Å². The lowest BCUT2D eigenvalue weighted by atomic mass is 9.33. The van der Waals surface area contributed by atoms with Gasteiger partial charge in [-0.25, -0.2) is 0 Å². The summed E-state index contributed by atoms with van der Waals surface area (Å²) in [5, 5.41) is 208. The van der Waals surface area contributed by atoms with Crippen LogP contribution in [0.4, 0.5) is 0 Å². The number of aliphatic hydroxyl groups excluding tert-OH is 18. The Morgan fingerprint density at radius 3 is 1.55 bits per heavy atom. The first kappa shape index (κ1) is 75.7. The van der Waals surface area contributed by atoms with Crippen molar-refractivity contribution in [3.8, 4) is 0 Å². The summed E-state index contributed by atoms with van der Waals surface area (Å²) in [6.45, 7) is 9.81. The monoisotopic (exact) mass is 1400 g/mol. The predicted molar refractivity (Wildman–Crippen MR) is 318 cm³/mol. The minimum atomic E-state index is -2.10. The fourth-order valence-corrected chi connectivity index (χ4v) is 18.9. The number of carboxylic acid groups (broad SMARTS) is 1. The topological polar surface area (TPSA) is 529 Å². The van der Waals surface area contributed by atoms with Crippen molar-refractivity contribution >= 4 is 11.9 Å². The number of fused-ring (bicyclic) bond motifs is 7. The third-order valence-corrected chi connectivity index (χ3v) is 24.9. The van der Waals surface area contributed by atoms with Crippen molar-refractivity contribution in [3.05, 3.63) is 11.6 Å². The number of hydrogen-bond donors (Lipinski definition) is 19. The molecule has 33 nitrogen and oxygen atoms in total. The summed E-state index contributed by atoms with van der Waals surface area (Å²) in [5.74, 6) is -3.56. The highest BCUT2D eigenvalue weighted by molar-refractivity contribution is 5.79. The van der Waals surface area contributed by atoms with Crippen molar-refractivity contribution < 1.29 is 163 Å². The molecular weight excluding hydrogens is 1300 g/mol. The zero-order valence-corrected chi connectivity index (χ0v) is 55.2. The predicted octanol–water partition coefficient (Wildman–Crippen LogP) is -6.05. The maximum Gasteiger partial charge on any atom is 0.315 e. The van der Waals surface area contributed by atoms with E-state index in [1.807, 2.05) is 6.92 Å². The highest BCUT2D eigenvalue weighted by Gasteiger charge is 2.73. The van der Waals surface area contributed by atoms with Crippen LogP contribution >= 0.6 is 0 Å². The molecule has 556 valence electrons. The van der Waals surface area contributed by atoms with E-state index in [0.717, 1.165) is 5.57 Å². The van der Waals surface area contributed by atoms with E-state index in [4.69, 9.17) is 56.8 Å².